The van der Waals surface area contributed by atoms with Crippen molar-refractivity contribution in [3.05, 3.63) is 95.1 Å². The molecule has 6 nitrogen and oxygen atoms in total. The van der Waals surface area contributed by atoms with Crippen LogP contribution in [0, 0.1) is 6.92 Å². The summed E-state index contributed by atoms with van der Waals surface area (Å²) in [5.74, 6) is -0.883. The van der Waals surface area contributed by atoms with Crippen molar-refractivity contribution in [1.29, 1.82) is 0 Å². The Morgan fingerprint density at radius 1 is 0.946 bits per heavy atom. The van der Waals surface area contributed by atoms with E-state index in [9.17, 15) is 14.7 Å². The van der Waals surface area contributed by atoms with Crippen molar-refractivity contribution in [1.82, 2.24) is 0 Å². The van der Waals surface area contributed by atoms with Crippen LogP contribution in [0.3, 0.4) is 0 Å². The van der Waals surface area contributed by atoms with Crippen LogP contribution in [0.25, 0.3) is 5.76 Å². The van der Waals surface area contributed by atoms with Gasteiger partial charge in [-0.1, -0.05) is 36.8 Å². The van der Waals surface area contributed by atoms with E-state index in [1.54, 1.807) is 24.3 Å². The largest absolute Gasteiger partial charge is 0.507 e. The van der Waals surface area contributed by atoms with E-state index in [0.29, 0.717) is 23.6 Å². The van der Waals surface area contributed by atoms with E-state index in [0.717, 1.165) is 36.3 Å². The van der Waals surface area contributed by atoms with Crippen LogP contribution in [-0.4, -0.2) is 36.5 Å². The normalized spacial score (nSPS) is 16.8. The van der Waals surface area contributed by atoms with Gasteiger partial charge in [-0.25, -0.2) is 0 Å². The van der Waals surface area contributed by atoms with Crippen LogP contribution in [0.1, 0.15) is 49.9 Å². The first kappa shape index (κ1) is 26.0. The lowest BCUT2D eigenvalue weighted by molar-refractivity contribution is -0.132. The van der Waals surface area contributed by atoms with E-state index in [4.69, 9.17) is 4.74 Å². The van der Waals surface area contributed by atoms with Crippen molar-refractivity contribution in [2.75, 3.05) is 29.5 Å². The highest BCUT2D eigenvalue weighted by Crippen LogP contribution is 2.42. The number of aliphatic hydroxyl groups is 1. The van der Waals surface area contributed by atoms with Crippen molar-refractivity contribution in [3.8, 4) is 5.75 Å². The number of ketones is 1. The van der Waals surface area contributed by atoms with Crippen LogP contribution in [0.5, 0.6) is 5.75 Å². The summed E-state index contributed by atoms with van der Waals surface area (Å²) < 4.78 is 5.64. The highest BCUT2D eigenvalue weighted by molar-refractivity contribution is 6.51. The second-order valence-corrected chi connectivity index (χ2v) is 9.14. The van der Waals surface area contributed by atoms with Crippen molar-refractivity contribution < 1.29 is 19.4 Å². The number of hydrogen-bond donors (Lipinski definition) is 1. The second-order valence-electron chi connectivity index (χ2n) is 9.14. The Morgan fingerprint density at radius 3 is 2.22 bits per heavy atom. The molecule has 1 atom stereocenters. The fourth-order valence-electron chi connectivity index (χ4n) is 4.75. The van der Waals surface area contributed by atoms with Gasteiger partial charge in [-0.2, -0.15) is 0 Å². The average Bonchev–Trinajstić information content (AvgIpc) is 3.18. The van der Waals surface area contributed by atoms with Gasteiger partial charge in [-0.3, -0.25) is 14.5 Å². The molecule has 0 radical (unpaired) electrons. The predicted octanol–water partition coefficient (Wildman–Crippen LogP) is 6.26. The molecule has 1 aliphatic rings. The quantitative estimate of drug-likeness (QED) is 0.214. The Kier molecular flexibility index (Phi) is 7.97. The molecule has 3 aromatic carbocycles. The summed E-state index contributed by atoms with van der Waals surface area (Å²) in [7, 11) is 0. The molecule has 6 heteroatoms. The van der Waals surface area contributed by atoms with Crippen molar-refractivity contribution >= 4 is 28.8 Å². The van der Waals surface area contributed by atoms with Gasteiger partial charge in [0.15, 0.2) is 0 Å². The van der Waals surface area contributed by atoms with Crippen LogP contribution in [0.4, 0.5) is 11.4 Å². The molecule has 0 aromatic heterocycles. The van der Waals surface area contributed by atoms with Gasteiger partial charge in [0.25, 0.3) is 11.7 Å². The number of nitrogens with zero attached hydrogens (tertiary/aromatic N) is 2. The molecular weight excluding hydrogens is 464 g/mol. The minimum atomic E-state index is -0.754. The van der Waals surface area contributed by atoms with E-state index in [1.807, 2.05) is 62.4 Å². The average molecular weight is 499 g/mol. The minimum absolute atomic E-state index is 0.0747. The zero-order chi connectivity index (χ0) is 26.5. The van der Waals surface area contributed by atoms with Gasteiger partial charge >= 0.3 is 0 Å². The summed E-state index contributed by atoms with van der Waals surface area (Å²) in [6.45, 7) is 10.5. The molecule has 1 unspecified atom stereocenters. The summed E-state index contributed by atoms with van der Waals surface area (Å²) in [6.07, 6.45) is 0.886. The van der Waals surface area contributed by atoms with E-state index in [-0.39, 0.29) is 11.3 Å². The van der Waals surface area contributed by atoms with Crippen LogP contribution in [-0.2, 0) is 9.59 Å². The zero-order valence-corrected chi connectivity index (χ0v) is 21.9. The molecule has 0 bridgehead atoms. The SMILES string of the molecule is CCCOc1ccc(/C(O)=C2/C(=O)C(=O)N(c3ccc(N(CC)CC)cc3)C2c2cccc(C)c2)cc1. The third kappa shape index (κ3) is 5.24. The highest BCUT2D eigenvalue weighted by Gasteiger charge is 2.47. The molecule has 0 saturated carbocycles. The number of carbonyl (C=O) groups excluding carboxylic acids is 2. The van der Waals surface area contributed by atoms with E-state index >= 15 is 0 Å². The molecule has 1 saturated heterocycles. The Labute approximate surface area is 218 Å². The van der Waals surface area contributed by atoms with Gasteiger partial charge in [-0.05, 0) is 81.3 Å². The molecular formula is C31H34N2O4. The fourth-order valence-corrected chi connectivity index (χ4v) is 4.75. The monoisotopic (exact) mass is 498 g/mol. The number of amides is 1. The number of rotatable bonds is 9. The number of carbonyl (C=O) groups is 2. The van der Waals surface area contributed by atoms with Gasteiger partial charge in [0.05, 0.1) is 18.2 Å². The Morgan fingerprint density at radius 2 is 1.62 bits per heavy atom. The van der Waals surface area contributed by atoms with Gasteiger partial charge in [0, 0.05) is 30.0 Å². The van der Waals surface area contributed by atoms with E-state index < -0.39 is 17.7 Å². The molecule has 3 aromatic rings. The van der Waals surface area contributed by atoms with Gasteiger partial charge < -0.3 is 14.7 Å². The first-order valence-corrected chi connectivity index (χ1v) is 12.8. The molecule has 1 heterocycles. The number of anilines is 2. The first-order chi connectivity index (χ1) is 17.9. The minimum Gasteiger partial charge on any atom is -0.507 e. The van der Waals surface area contributed by atoms with Crippen molar-refractivity contribution in [3.63, 3.8) is 0 Å². The Hall–Kier alpha value is -4.06. The van der Waals surface area contributed by atoms with Crippen LogP contribution < -0.4 is 14.5 Å². The summed E-state index contributed by atoms with van der Waals surface area (Å²) in [6, 6.07) is 21.5. The lowest BCUT2D eigenvalue weighted by Crippen LogP contribution is -2.29. The summed E-state index contributed by atoms with van der Waals surface area (Å²) in [5.41, 5.74) is 3.94. The summed E-state index contributed by atoms with van der Waals surface area (Å²) >= 11 is 0. The lowest BCUT2D eigenvalue weighted by Gasteiger charge is -2.27. The maximum atomic E-state index is 13.4. The predicted molar refractivity (Wildman–Crippen MR) is 148 cm³/mol. The molecule has 1 amide bonds. The summed E-state index contributed by atoms with van der Waals surface area (Å²) in [5, 5.41) is 11.4. The van der Waals surface area contributed by atoms with E-state index in [2.05, 4.69) is 18.7 Å². The van der Waals surface area contributed by atoms with Crippen LogP contribution in [0.15, 0.2) is 78.4 Å². The fraction of sp³-hybridized carbons (Fsp3) is 0.290. The molecule has 1 fully saturated rings. The molecule has 37 heavy (non-hydrogen) atoms. The number of aliphatic hydroxyl groups excluding tert-OH is 1. The zero-order valence-electron chi connectivity index (χ0n) is 21.9. The molecule has 192 valence electrons. The van der Waals surface area contributed by atoms with Gasteiger partial charge in [0.1, 0.15) is 11.5 Å². The van der Waals surface area contributed by atoms with E-state index in [1.165, 1.54) is 4.90 Å². The maximum absolute atomic E-state index is 13.4. The lowest BCUT2D eigenvalue weighted by atomic mass is 9.94. The third-order valence-electron chi connectivity index (χ3n) is 6.66. The topological polar surface area (TPSA) is 70.1 Å². The Bertz CT molecular complexity index is 1290. The smallest absolute Gasteiger partial charge is 0.300 e. The van der Waals surface area contributed by atoms with Crippen molar-refractivity contribution in [2.45, 2.75) is 40.2 Å². The Balaban J connectivity index is 1.81. The molecule has 1 N–H and O–H groups in total. The van der Waals surface area contributed by atoms with Gasteiger partial charge in [0.2, 0.25) is 0 Å². The third-order valence-corrected chi connectivity index (χ3v) is 6.66. The molecule has 0 aliphatic carbocycles. The number of benzene rings is 3. The van der Waals surface area contributed by atoms with Crippen LogP contribution in [0.2, 0.25) is 0 Å². The number of ether oxygens (including phenoxy) is 1. The second kappa shape index (κ2) is 11.3. The highest BCUT2D eigenvalue weighted by atomic mass is 16.5. The summed E-state index contributed by atoms with van der Waals surface area (Å²) in [4.78, 5) is 30.5. The molecule has 0 spiro atoms. The number of hydrogen-bond acceptors (Lipinski definition) is 5. The maximum Gasteiger partial charge on any atom is 0.300 e. The molecule has 4 rings (SSSR count). The molecule has 1 aliphatic heterocycles. The number of aryl methyl sites for hydroxylation is 1. The number of Topliss-reactive ketones (excluding diaryl/α,β-unsaturated/α-hetero) is 1. The van der Waals surface area contributed by atoms with Crippen molar-refractivity contribution in [2.24, 2.45) is 0 Å². The van der Waals surface area contributed by atoms with Gasteiger partial charge in [-0.15, -0.1) is 0 Å². The first-order valence-electron chi connectivity index (χ1n) is 12.8. The van der Waals surface area contributed by atoms with Crippen LogP contribution >= 0.6 is 0 Å². The standard InChI is InChI=1S/C31H34N2O4/c1-5-19-37-26-17-11-22(12-18-26)29(34)27-28(23-10-8-9-21(4)20-23)33(31(36)30(27)35)25-15-13-24(14-16-25)32(6-2)7-3/h8-18,20,28,34H,5-7,19H2,1-4H3/b29-27-.